The standard InChI is InChI=1S/C16H23NO3/c1-13(9-10-15-8-5-11-19-15)17-16(18)20-12-14-6-3-2-4-7-14/h2-4,6-7,13,15H,5,8-12H2,1H3,(H,17,18)/t13-,15+/m0/s1. The number of rotatable bonds is 6. The fourth-order valence-corrected chi connectivity index (χ4v) is 2.35. The van der Waals surface area contributed by atoms with Crippen LogP contribution in [0.2, 0.25) is 0 Å². The van der Waals surface area contributed by atoms with E-state index in [2.05, 4.69) is 5.32 Å². The smallest absolute Gasteiger partial charge is 0.407 e. The number of hydrogen-bond donors (Lipinski definition) is 1. The Morgan fingerprint density at radius 1 is 1.45 bits per heavy atom. The van der Waals surface area contributed by atoms with E-state index < -0.39 is 0 Å². The maximum atomic E-state index is 11.7. The third-order valence-corrected chi connectivity index (χ3v) is 3.52. The monoisotopic (exact) mass is 277 g/mol. The zero-order chi connectivity index (χ0) is 14.2. The second-order valence-electron chi connectivity index (χ2n) is 5.32. The molecule has 1 amide bonds. The second-order valence-corrected chi connectivity index (χ2v) is 5.32. The van der Waals surface area contributed by atoms with Gasteiger partial charge in [-0.15, -0.1) is 0 Å². The average Bonchev–Trinajstić information content (AvgIpc) is 2.97. The maximum absolute atomic E-state index is 11.7. The van der Waals surface area contributed by atoms with Crippen molar-refractivity contribution >= 4 is 6.09 Å². The summed E-state index contributed by atoms with van der Waals surface area (Å²) < 4.78 is 10.8. The molecule has 1 fully saturated rings. The molecule has 0 aromatic heterocycles. The summed E-state index contributed by atoms with van der Waals surface area (Å²) in [5.41, 5.74) is 0.995. The predicted molar refractivity (Wildman–Crippen MR) is 77.4 cm³/mol. The molecule has 110 valence electrons. The fraction of sp³-hybridized carbons (Fsp3) is 0.562. The first-order valence-electron chi connectivity index (χ1n) is 7.33. The molecule has 1 aliphatic heterocycles. The Balaban J connectivity index is 1.60. The Morgan fingerprint density at radius 2 is 2.25 bits per heavy atom. The summed E-state index contributed by atoms with van der Waals surface area (Å²) >= 11 is 0. The van der Waals surface area contributed by atoms with E-state index in [1.807, 2.05) is 37.3 Å². The van der Waals surface area contributed by atoms with Crippen LogP contribution in [0.1, 0.15) is 38.2 Å². The van der Waals surface area contributed by atoms with Gasteiger partial charge >= 0.3 is 6.09 Å². The highest BCUT2D eigenvalue weighted by Crippen LogP contribution is 2.17. The van der Waals surface area contributed by atoms with Crippen LogP contribution in [0.4, 0.5) is 4.79 Å². The highest BCUT2D eigenvalue weighted by Gasteiger charge is 2.17. The zero-order valence-electron chi connectivity index (χ0n) is 12.0. The Morgan fingerprint density at radius 3 is 2.95 bits per heavy atom. The van der Waals surface area contributed by atoms with Crippen molar-refractivity contribution in [3.05, 3.63) is 35.9 Å². The van der Waals surface area contributed by atoms with E-state index in [9.17, 15) is 4.79 Å². The summed E-state index contributed by atoms with van der Waals surface area (Å²) in [5.74, 6) is 0. The van der Waals surface area contributed by atoms with Crippen LogP contribution in [-0.4, -0.2) is 24.8 Å². The molecule has 0 unspecified atom stereocenters. The van der Waals surface area contributed by atoms with Gasteiger partial charge in [-0.3, -0.25) is 0 Å². The summed E-state index contributed by atoms with van der Waals surface area (Å²) in [6.07, 6.45) is 4.25. The number of carbonyl (C=O) groups is 1. The molecule has 1 N–H and O–H groups in total. The van der Waals surface area contributed by atoms with Crippen molar-refractivity contribution in [1.29, 1.82) is 0 Å². The van der Waals surface area contributed by atoms with Gasteiger partial charge in [0.15, 0.2) is 0 Å². The number of ether oxygens (including phenoxy) is 2. The topological polar surface area (TPSA) is 47.6 Å². The number of alkyl carbamates (subject to hydrolysis) is 1. The van der Waals surface area contributed by atoms with Gasteiger partial charge in [0.25, 0.3) is 0 Å². The number of nitrogens with one attached hydrogen (secondary N) is 1. The normalized spacial score (nSPS) is 19.6. The third kappa shape index (κ3) is 5.21. The highest BCUT2D eigenvalue weighted by atomic mass is 16.5. The van der Waals surface area contributed by atoms with Crippen molar-refractivity contribution in [1.82, 2.24) is 5.32 Å². The molecule has 1 aliphatic rings. The minimum atomic E-state index is -0.353. The van der Waals surface area contributed by atoms with E-state index in [1.54, 1.807) is 0 Å². The first-order chi connectivity index (χ1) is 9.74. The van der Waals surface area contributed by atoms with Gasteiger partial charge in [0, 0.05) is 12.6 Å². The first-order valence-corrected chi connectivity index (χ1v) is 7.33. The van der Waals surface area contributed by atoms with Crippen LogP contribution in [-0.2, 0) is 16.1 Å². The lowest BCUT2D eigenvalue weighted by Gasteiger charge is -2.16. The quantitative estimate of drug-likeness (QED) is 0.868. The molecule has 0 saturated carbocycles. The highest BCUT2D eigenvalue weighted by molar-refractivity contribution is 5.67. The molecule has 0 bridgehead atoms. The molecular formula is C16H23NO3. The largest absolute Gasteiger partial charge is 0.445 e. The average molecular weight is 277 g/mol. The third-order valence-electron chi connectivity index (χ3n) is 3.52. The van der Waals surface area contributed by atoms with Crippen molar-refractivity contribution in [2.24, 2.45) is 0 Å². The lowest BCUT2D eigenvalue weighted by atomic mass is 10.1. The minimum absolute atomic E-state index is 0.113. The van der Waals surface area contributed by atoms with Crippen LogP contribution in [0.3, 0.4) is 0 Å². The van der Waals surface area contributed by atoms with Gasteiger partial charge in [-0.1, -0.05) is 30.3 Å². The fourth-order valence-electron chi connectivity index (χ4n) is 2.35. The molecule has 2 atom stereocenters. The van der Waals surface area contributed by atoms with Gasteiger partial charge in [-0.05, 0) is 38.2 Å². The summed E-state index contributed by atoms with van der Waals surface area (Å²) in [5, 5.41) is 2.86. The Labute approximate surface area is 120 Å². The number of hydrogen-bond acceptors (Lipinski definition) is 3. The molecular weight excluding hydrogens is 254 g/mol. The molecule has 0 radical (unpaired) electrons. The first kappa shape index (κ1) is 14.9. The van der Waals surface area contributed by atoms with Crippen LogP contribution in [0.15, 0.2) is 30.3 Å². The molecule has 1 saturated heterocycles. The van der Waals surface area contributed by atoms with E-state index in [0.29, 0.717) is 12.7 Å². The van der Waals surface area contributed by atoms with Crippen molar-refractivity contribution in [3.63, 3.8) is 0 Å². The Kier molecular flexibility index (Phi) is 5.87. The van der Waals surface area contributed by atoms with E-state index >= 15 is 0 Å². The SMILES string of the molecule is C[C@@H](CC[C@H]1CCCO1)NC(=O)OCc1ccccc1. The number of carbonyl (C=O) groups excluding carboxylic acids is 1. The van der Waals surface area contributed by atoms with Gasteiger partial charge in [0.2, 0.25) is 0 Å². The van der Waals surface area contributed by atoms with E-state index in [-0.39, 0.29) is 12.1 Å². The molecule has 0 spiro atoms. The molecule has 1 heterocycles. The van der Waals surface area contributed by atoms with Gasteiger partial charge in [-0.25, -0.2) is 4.79 Å². The number of amides is 1. The molecule has 2 rings (SSSR count). The van der Waals surface area contributed by atoms with Crippen molar-refractivity contribution < 1.29 is 14.3 Å². The van der Waals surface area contributed by atoms with Crippen LogP contribution >= 0.6 is 0 Å². The van der Waals surface area contributed by atoms with Crippen LogP contribution in [0, 0.1) is 0 Å². The van der Waals surface area contributed by atoms with Gasteiger partial charge in [0.1, 0.15) is 6.61 Å². The summed E-state index contributed by atoms with van der Waals surface area (Å²) in [4.78, 5) is 11.7. The van der Waals surface area contributed by atoms with E-state index in [4.69, 9.17) is 9.47 Å². The second kappa shape index (κ2) is 7.90. The zero-order valence-corrected chi connectivity index (χ0v) is 12.0. The number of benzene rings is 1. The van der Waals surface area contributed by atoms with Crippen molar-refractivity contribution in [2.45, 2.75) is 51.4 Å². The Hall–Kier alpha value is -1.55. The predicted octanol–water partition coefficient (Wildman–Crippen LogP) is 3.26. The molecule has 1 aromatic carbocycles. The minimum Gasteiger partial charge on any atom is -0.445 e. The van der Waals surface area contributed by atoms with Crippen LogP contribution in [0.25, 0.3) is 0 Å². The van der Waals surface area contributed by atoms with Crippen LogP contribution in [0.5, 0.6) is 0 Å². The van der Waals surface area contributed by atoms with Gasteiger partial charge in [0.05, 0.1) is 6.10 Å². The van der Waals surface area contributed by atoms with E-state index in [1.165, 1.54) is 0 Å². The van der Waals surface area contributed by atoms with Crippen LogP contribution < -0.4 is 5.32 Å². The van der Waals surface area contributed by atoms with Crippen molar-refractivity contribution in [3.8, 4) is 0 Å². The molecule has 4 nitrogen and oxygen atoms in total. The maximum Gasteiger partial charge on any atom is 0.407 e. The van der Waals surface area contributed by atoms with Crippen molar-refractivity contribution in [2.75, 3.05) is 6.61 Å². The molecule has 0 aliphatic carbocycles. The molecule has 20 heavy (non-hydrogen) atoms. The molecule has 1 aromatic rings. The lowest BCUT2D eigenvalue weighted by Crippen LogP contribution is -2.33. The van der Waals surface area contributed by atoms with Gasteiger partial charge in [-0.2, -0.15) is 0 Å². The lowest BCUT2D eigenvalue weighted by molar-refractivity contribution is 0.0984. The summed E-state index contributed by atoms with van der Waals surface area (Å²) in [6, 6.07) is 9.79. The summed E-state index contributed by atoms with van der Waals surface area (Å²) in [7, 11) is 0. The Bertz CT molecular complexity index is 401. The van der Waals surface area contributed by atoms with E-state index in [0.717, 1.165) is 37.9 Å². The summed E-state index contributed by atoms with van der Waals surface area (Å²) in [6.45, 7) is 3.19. The van der Waals surface area contributed by atoms with Gasteiger partial charge < -0.3 is 14.8 Å². The molecule has 4 heteroatoms.